The van der Waals surface area contributed by atoms with E-state index in [-0.39, 0.29) is 28.8 Å². The van der Waals surface area contributed by atoms with E-state index in [1.54, 1.807) is 18.2 Å². The maximum Gasteiger partial charge on any atom is 0.231 e. The van der Waals surface area contributed by atoms with Gasteiger partial charge in [-0.25, -0.2) is 4.98 Å². The molecule has 0 radical (unpaired) electrons. The van der Waals surface area contributed by atoms with Crippen LogP contribution in [0.2, 0.25) is 0 Å². The molecule has 3 rings (SSSR count). The lowest BCUT2D eigenvalue weighted by atomic mass is 9.96. The van der Waals surface area contributed by atoms with E-state index in [1.165, 1.54) is 0 Å². The zero-order valence-electron chi connectivity index (χ0n) is 10.6. The summed E-state index contributed by atoms with van der Waals surface area (Å²) in [4.78, 5) is 3.91. The Labute approximate surface area is 125 Å². The van der Waals surface area contributed by atoms with E-state index in [4.69, 9.17) is 15.2 Å². The van der Waals surface area contributed by atoms with Gasteiger partial charge in [0.25, 0.3) is 0 Å². The molecule has 1 aromatic heterocycles. The number of hydrogen-bond donors (Lipinski definition) is 2. The Kier molecular flexibility index (Phi) is 3.05. The van der Waals surface area contributed by atoms with E-state index in [2.05, 4.69) is 17.6 Å². The van der Waals surface area contributed by atoms with E-state index in [0.717, 1.165) is 0 Å². The van der Waals surface area contributed by atoms with E-state index < -0.39 is 0 Å². The van der Waals surface area contributed by atoms with Crippen molar-refractivity contribution in [3.05, 3.63) is 29.3 Å². The van der Waals surface area contributed by atoms with Crippen molar-refractivity contribution >= 4 is 18.4 Å². The Bertz CT molecular complexity index is 798. The smallest absolute Gasteiger partial charge is 0.231 e. The Morgan fingerprint density at radius 2 is 1.86 bits per heavy atom. The second-order valence-electron chi connectivity index (χ2n) is 4.24. The summed E-state index contributed by atoms with van der Waals surface area (Å²) in [5.74, 6) is 1.20. The lowest BCUT2D eigenvalue weighted by Crippen LogP contribution is -2.02. The van der Waals surface area contributed by atoms with E-state index in [9.17, 15) is 10.5 Å². The summed E-state index contributed by atoms with van der Waals surface area (Å²) in [5, 5.41) is 18.8. The topological polar surface area (TPSA) is 105 Å². The molecule has 0 bridgehead atoms. The number of nitrogens with zero attached hydrogens (tertiary/aromatic N) is 3. The molecule has 6 nitrogen and oxygen atoms in total. The number of ether oxygens (including phenoxy) is 2. The lowest BCUT2D eigenvalue weighted by Gasteiger charge is -2.11. The first-order chi connectivity index (χ1) is 10.2. The van der Waals surface area contributed by atoms with Crippen molar-refractivity contribution in [2.24, 2.45) is 0 Å². The number of benzene rings is 1. The summed E-state index contributed by atoms with van der Waals surface area (Å²) in [7, 11) is 0. The maximum atomic E-state index is 9.32. The van der Waals surface area contributed by atoms with E-state index in [1.807, 2.05) is 12.1 Å². The van der Waals surface area contributed by atoms with Gasteiger partial charge in [0.2, 0.25) is 6.79 Å². The summed E-state index contributed by atoms with van der Waals surface area (Å²) >= 11 is 4.16. The molecule has 2 heterocycles. The molecule has 2 N–H and O–H groups in total. The number of aromatic nitrogens is 1. The van der Waals surface area contributed by atoms with Gasteiger partial charge in [0, 0.05) is 5.56 Å². The first kappa shape index (κ1) is 13.1. The predicted molar refractivity (Wildman–Crippen MR) is 76.9 cm³/mol. The number of fused-ring (bicyclic) bond motifs is 1. The molecular weight excluding hydrogens is 288 g/mol. The normalized spacial score (nSPS) is 11.8. The van der Waals surface area contributed by atoms with Crippen LogP contribution in [0.1, 0.15) is 11.1 Å². The largest absolute Gasteiger partial charge is 0.454 e. The van der Waals surface area contributed by atoms with Crippen LogP contribution < -0.4 is 15.2 Å². The van der Waals surface area contributed by atoms with Gasteiger partial charge in [0.1, 0.15) is 28.5 Å². The molecule has 21 heavy (non-hydrogen) atoms. The third-order valence-corrected chi connectivity index (χ3v) is 3.41. The van der Waals surface area contributed by atoms with Gasteiger partial charge in [-0.2, -0.15) is 10.5 Å². The van der Waals surface area contributed by atoms with Crippen LogP contribution in [0.15, 0.2) is 23.2 Å². The molecule has 0 amide bonds. The molecule has 0 saturated heterocycles. The minimum absolute atomic E-state index is 0.0363. The fourth-order valence-electron chi connectivity index (χ4n) is 2.15. The molecular formula is C14H8N4O2S. The maximum absolute atomic E-state index is 9.32. The number of nitriles is 2. The van der Waals surface area contributed by atoms with Crippen molar-refractivity contribution in [3.8, 4) is 34.8 Å². The van der Waals surface area contributed by atoms with Crippen LogP contribution in [-0.4, -0.2) is 11.8 Å². The Hall–Kier alpha value is -2.90. The molecule has 0 saturated carbocycles. The van der Waals surface area contributed by atoms with Crippen molar-refractivity contribution in [2.45, 2.75) is 5.03 Å². The fraction of sp³-hybridized carbons (Fsp3) is 0.0714. The van der Waals surface area contributed by atoms with Gasteiger partial charge in [0.05, 0.1) is 5.56 Å². The third kappa shape index (κ3) is 2.00. The SMILES string of the molecule is N#Cc1c(N)nc(S)c(C#N)c1-c1ccc2c(c1)OCO2. The van der Waals surface area contributed by atoms with Crippen molar-refractivity contribution in [1.29, 1.82) is 10.5 Å². The van der Waals surface area contributed by atoms with Crippen LogP contribution >= 0.6 is 12.6 Å². The molecule has 0 fully saturated rings. The van der Waals surface area contributed by atoms with Gasteiger partial charge < -0.3 is 15.2 Å². The summed E-state index contributed by atoms with van der Waals surface area (Å²) in [6.45, 7) is 0.144. The zero-order chi connectivity index (χ0) is 15.0. The summed E-state index contributed by atoms with van der Waals surface area (Å²) in [6, 6.07) is 9.15. The third-order valence-electron chi connectivity index (χ3n) is 3.09. The number of thiol groups is 1. The highest BCUT2D eigenvalue weighted by atomic mass is 32.1. The molecule has 2 aromatic rings. The molecule has 1 aliphatic heterocycles. The fourth-order valence-corrected chi connectivity index (χ4v) is 2.42. The number of nitrogen functional groups attached to an aromatic ring is 1. The number of anilines is 1. The Morgan fingerprint density at radius 1 is 1.14 bits per heavy atom. The monoisotopic (exact) mass is 296 g/mol. The highest BCUT2D eigenvalue weighted by molar-refractivity contribution is 7.80. The van der Waals surface area contributed by atoms with Gasteiger partial charge in [0.15, 0.2) is 11.5 Å². The Morgan fingerprint density at radius 3 is 2.57 bits per heavy atom. The molecule has 0 aliphatic carbocycles. The predicted octanol–water partition coefficient (Wildman–Crippen LogP) is 2.09. The second kappa shape index (κ2) is 4.89. The van der Waals surface area contributed by atoms with Crippen molar-refractivity contribution in [3.63, 3.8) is 0 Å². The van der Waals surface area contributed by atoms with Gasteiger partial charge in [-0.15, -0.1) is 12.6 Å². The highest BCUT2D eigenvalue weighted by Crippen LogP contribution is 2.39. The second-order valence-corrected chi connectivity index (χ2v) is 4.66. The number of nitrogens with two attached hydrogens (primary N) is 1. The Balaban J connectivity index is 2.32. The van der Waals surface area contributed by atoms with Gasteiger partial charge in [-0.05, 0) is 17.7 Å². The number of pyridine rings is 1. The number of hydrogen-bond acceptors (Lipinski definition) is 7. The van der Waals surface area contributed by atoms with Gasteiger partial charge >= 0.3 is 0 Å². The van der Waals surface area contributed by atoms with Crippen LogP contribution in [0, 0.1) is 22.7 Å². The first-order valence-electron chi connectivity index (χ1n) is 5.88. The molecule has 0 spiro atoms. The van der Waals surface area contributed by atoms with E-state index in [0.29, 0.717) is 22.6 Å². The molecule has 102 valence electrons. The zero-order valence-corrected chi connectivity index (χ0v) is 11.5. The summed E-state index contributed by atoms with van der Waals surface area (Å²) < 4.78 is 10.6. The number of rotatable bonds is 1. The average molecular weight is 296 g/mol. The standard InChI is InChI=1S/C14H8N4O2S/c15-4-8-12(9(5-16)14(21)18-13(8)17)7-1-2-10-11(3-7)20-6-19-10/h1-3H,6H2,(H3,17,18,21). The average Bonchev–Trinajstić information content (AvgIpc) is 2.93. The summed E-state index contributed by atoms with van der Waals surface area (Å²) in [5.41, 5.74) is 7.12. The van der Waals surface area contributed by atoms with Crippen LogP contribution in [0.3, 0.4) is 0 Å². The summed E-state index contributed by atoms with van der Waals surface area (Å²) in [6.07, 6.45) is 0. The van der Waals surface area contributed by atoms with Crippen molar-refractivity contribution < 1.29 is 9.47 Å². The molecule has 1 aromatic carbocycles. The molecule has 0 unspecified atom stereocenters. The van der Waals surface area contributed by atoms with Crippen LogP contribution in [0.25, 0.3) is 11.1 Å². The van der Waals surface area contributed by atoms with Crippen LogP contribution in [0.4, 0.5) is 5.82 Å². The van der Waals surface area contributed by atoms with Crippen molar-refractivity contribution in [1.82, 2.24) is 4.98 Å². The van der Waals surface area contributed by atoms with E-state index >= 15 is 0 Å². The lowest BCUT2D eigenvalue weighted by molar-refractivity contribution is 0.174. The minimum atomic E-state index is 0.0363. The van der Waals surface area contributed by atoms with Crippen LogP contribution in [0.5, 0.6) is 11.5 Å². The van der Waals surface area contributed by atoms with Crippen molar-refractivity contribution in [2.75, 3.05) is 12.5 Å². The quantitative estimate of drug-likeness (QED) is 0.781. The minimum Gasteiger partial charge on any atom is -0.454 e. The van der Waals surface area contributed by atoms with Gasteiger partial charge in [-0.1, -0.05) is 6.07 Å². The first-order valence-corrected chi connectivity index (χ1v) is 6.33. The molecule has 1 aliphatic rings. The molecule has 7 heteroatoms. The highest BCUT2D eigenvalue weighted by Gasteiger charge is 2.21. The van der Waals surface area contributed by atoms with Crippen LogP contribution in [-0.2, 0) is 0 Å². The molecule has 0 atom stereocenters. The van der Waals surface area contributed by atoms with Gasteiger partial charge in [-0.3, -0.25) is 0 Å².